The van der Waals surface area contributed by atoms with Gasteiger partial charge >= 0.3 is 0 Å². The van der Waals surface area contributed by atoms with Gasteiger partial charge in [0.05, 0.1) is 24.6 Å². The molecular weight excluding hydrogens is 420 g/mol. The van der Waals surface area contributed by atoms with Gasteiger partial charge in [-0.1, -0.05) is 49.0 Å². The minimum absolute atomic E-state index is 0.716. The summed E-state index contributed by atoms with van der Waals surface area (Å²) in [6, 6.07) is 18.9. The summed E-state index contributed by atoms with van der Waals surface area (Å²) >= 11 is 1.71. The van der Waals surface area contributed by atoms with Crippen LogP contribution in [0.3, 0.4) is 0 Å². The van der Waals surface area contributed by atoms with Crippen molar-refractivity contribution in [3.8, 4) is 11.4 Å². The monoisotopic (exact) mass is 446 g/mol. The first-order valence-corrected chi connectivity index (χ1v) is 11.9. The number of hydrogen-bond acceptors (Lipinski definition) is 6. The Morgan fingerprint density at radius 2 is 1.78 bits per heavy atom. The fourth-order valence-electron chi connectivity index (χ4n) is 3.88. The highest BCUT2D eigenvalue weighted by molar-refractivity contribution is 7.98. The first-order chi connectivity index (χ1) is 15.8. The summed E-state index contributed by atoms with van der Waals surface area (Å²) in [6.45, 7) is 5.27. The van der Waals surface area contributed by atoms with Crippen LogP contribution in [-0.2, 0) is 16.9 Å². The lowest BCUT2D eigenvalue weighted by Crippen LogP contribution is -2.38. The molecule has 0 radical (unpaired) electrons. The molecule has 4 aromatic rings. The van der Waals surface area contributed by atoms with E-state index in [1.54, 1.807) is 18.0 Å². The normalized spacial score (nSPS) is 14.1. The van der Waals surface area contributed by atoms with Crippen LogP contribution in [0.25, 0.3) is 11.4 Å². The lowest BCUT2D eigenvalue weighted by Gasteiger charge is -2.28. The largest absolute Gasteiger partial charge is 0.378 e. The molecule has 7 nitrogen and oxygen atoms in total. The van der Waals surface area contributed by atoms with Gasteiger partial charge in [-0.2, -0.15) is 5.10 Å². The van der Waals surface area contributed by atoms with Gasteiger partial charge in [0.2, 0.25) is 5.95 Å². The molecule has 3 heterocycles. The molecular formula is C24H26N6OS. The Balaban J connectivity index is 1.42. The minimum atomic E-state index is 0.716. The molecule has 8 heteroatoms. The SMILES string of the molecule is CCc1ccccc1-n1c(SCc2ccc(-n3cccn3)cc2)nnc1N1CCOCC1. The molecule has 1 saturated heterocycles. The van der Waals surface area contributed by atoms with Crippen molar-refractivity contribution >= 4 is 17.7 Å². The third kappa shape index (κ3) is 4.28. The molecule has 0 spiro atoms. The molecule has 0 atom stereocenters. The van der Waals surface area contributed by atoms with Crippen molar-refractivity contribution in [2.45, 2.75) is 24.3 Å². The zero-order valence-electron chi connectivity index (χ0n) is 18.1. The second-order valence-corrected chi connectivity index (χ2v) is 8.55. The second kappa shape index (κ2) is 9.58. The first-order valence-electron chi connectivity index (χ1n) is 10.9. The van der Waals surface area contributed by atoms with Crippen LogP contribution < -0.4 is 4.90 Å². The topological polar surface area (TPSA) is 61.0 Å². The van der Waals surface area contributed by atoms with E-state index in [0.717, 1.165) is 47.7 Å². The van der Waals surface area contributed by atoms with Gasteiger partial charge < -0.3 is 9.64 Å². The fraction of sp³-hybridized carbons (Fsp3) is 0.292. The van der Waals surface area contributed by atoms with E-state index in [9.17, 15) is 0 Å². The smallest absolute Gasteiger partial charge is 0.232 e. The fourth-order valence-corrected chi connectivity index (χ4v) is 4.77. The van der Waals surface area contributed by atoms with Crippen LogP contribution in [0.15, 0.2) is 72.1 Å². The Morgan fingerprint density at radius 3 is 2.53 bits per heavy atom. The molecule has 1 aliphatic heterocycles. The van der Waals surface area contributed by atoms with E-state index in [0.29, 0.717) is 13.2 Å². The van der Waals surface area contributed by atoms with Gasteiger partial charge in [0, 0.05) is 31.2 Å². The summed E-state index contributed by atoms with van der Waals surface area (Å²) in [4.78, 5) is 2.27. The van der Waals surface area contributed by atoms with Gasteiger partial charge in [-0.05, 0) is 41.8 Å². The Kier molecular flexibility index (Phi) is 6.22. The zero-order valence-corrected chi connectivity index (χ0v) is 18.9. The zero-order chi connectivity index (χ0) is 21.8. The average molecular weight is 447 g/mol. The number of benzene rings is 2. The molecule has 1 aliphatic rings. The molecule has 2 aromatic heterocycles. The Labute approximate surface area is 192 Å². The molecule has 0 aliphatic carbocycles. The van der Waals surface area contributed by atoms with Crippen molar-refractivity contribution in [1.29, 1.82) is 0 Å². The number of aryl methyl sites for hydroxylation is 1. The van der Waals surface area contributed by atoms with E-state index in [1.807, 2.05) is 16.9 Å². The van der Waals surface area contributed by atoms with Crippen LogP contribution >= 0.6 is 11.8 Å². The Morgan fingerprint density at radius 1 is 0.969 bits per heavy atom. The molecule has 0 unspecified atom stereocenters. The van der Waals surface area contributed by atoms with Crippen molar-refractivity contribution in [3.63, 3.8) is 0 Å². The van der Waals surface area contributed by atoms with Crippen LogP contribution in [0.2, 0.25) is 0 Å². The molecule has 0 N–H and O–H groups in total. The number of thioether (sulfide) groups is 1. The molecule has 0 saturated carbocycles. The molecule has 0 bridgehead atoms. The van der Waals surface area contributed by atoms with Crippen LogP contribution in [0.4, 0.5) is 5.95 Å². The Bertz CT molecular complexity index is 1150. The Hall–Kier alpha value is -3.10. The predicted octanol–water partition coefficient (Wildman–Crippen LogP) is 4.14. The molecule has 2 aromatic carbocycles. The first kappa shape index (κ1) is 20.8. The maximum absolute atomic E-state index is 5.55. The van der Waals surface area contributed by atoms with E-state index in [2.05, 4.69) is 80.2 Å². The standard InChI is InChI=1S/C24H26N6OS/c1-2-20-6-3-4-7-22(20)30-23(28-14-16-31-17-15-28)26-27-24(30)32-18-19-8-10-21(11-9-19)29-13-5-12-25-29/h3-13H,2,14-18H2,1H3. The van der Waals surface area contributed by atoms with Crippen LogP contribution in [0.5, 0.6) is 0 Å². The third-order valence-electron chi connectivity index (χ3n) is 5.60. The molecule has 5 rings (SSSR count). The number of para-hydroxylation sites is 1. The van der Waals surface area contributed by atoms with Crippen molar-refractivity contribution in [2.24, 2.45) is 0 Å². The van der Waals surface area contributed by atoms with Gasteiger partial charge in [0.25, 0.3) is 0 Å². The van der Waals surface area contributed by atoms with E-state index in [1.165, 1.54) is 11.1 Å². The van der Waals surface area contributed by atoms with E-state index >= 15 is 0 Å². The number of morpholine rings is 1. The molecule has 1 fully saturated rings. The number of nitrogens with zero attached hydrogens (tertiary/aromatic N) is 6. The number of aromatic nitrogens is 5. The van der Waals surface area contributed by atoms with Crippen LogP contribution in [0.1, 0.15) is 18.1 Å². The second-order valence-electron chi connectivity index (χ2n) is 7.61. The third-order valence-corrected chi connectivity index (χ3v) is 6.60. The summed E-state index contributed by atoms with van der Waals surface area (Å²) in [5.41, 5.74) is 4.72. The van der Waals surface area contributed by atoms with Crippen molar-refractivity contribution in [1.82, 2.24) is 24.5 Å². The highest BCUT2D eigenvalue weighted by Gasteiger charge is 2.23. The summed E-state index contributed by atoms with van der Waals surface area (Å²) in [5.74, 6) is 1.71. The minimum Gasteiger partial charge on any atom is -0.378 e. The van der Waals surface area contributed by atoms with Gasteiger partial charge in [-0.25, -0.2) is 4.68 Å². The van der Waals surface area contributed by atoms with Crippen molar-refractivity contribution in [3.05, 3.63) is 78.1 Å². The molecule has 32 heavy (non-hydrogen) atoms. The number of hydrogen-bond donors (Lipinski definition) is 0. The number of ether oxygens (including phenoxy) is 1. The molecule has 164 valence electrons. The average Bonchev–Trinajstić information content (AvgIpc) is 3.54. The van der Waals surface area contributed by atoms with Gasteiger partial charge in [-0.15, -0.1) is 10.2 Å². The van der Waals surface area contributed by atoms with Crippen LogP contribution in [0, 0.1) is 0 Å². The van der Waals surface area contributed by atoms with E-state index < -0.39 is 0 Å². The highest BCUT2D eigenvalue weighted by Crippen LogP contribution is 2.31. The summed E-state index contributed by atoms with van der Waals surface area (Å²) in [7, 11) is 0. The molecule has 0 amide bonds. The highest BCUT2D eigenvalue weighted by atomic mass is 32.2. The lowest BCUT2D eigenvalue weighted by molar-refractivity contribution is 0.122. The van der Waals surface area contributed by atoms with E-state index in [4.69, 9.17) is 4.74 Å². The summed E-state index contributed by atoms with van der Waals surface area (Å²) in [5, 5.41) is 14.4. The lowest BCUT2D eigenvalue weighted by atomic mass is 10.1. The van der Waals surface area contributed by atoms with Crippen LogP contribution in [-0.4, -0.2) is 50.8 Å². The maximum Gasteiger partial charge on any atom is 0.232 e. The number of rotatable bonds is 7. The quantitative estimate of drug-likeness (QED) is 0.398. The van der Waals surface area contributed by atoms with Gasteiger partial charge in [0.1, 0.15) is 0 Å². The number of anilines is 1. The van der Waals surface area contributed by atoms with Crippen molar-refractivity contribution in [2.75, 3.05) is 31.2 Å². The van der Waals surface area contributed by atoms with E-state index in [-0.39, 0.29) is 0 Å². The maximum atomic E-state index is 5.55. The summed E-state index contributed by atoms with van der Waals surface area (Å²) in [6.07, 6.45) is 4.69. The van der Waals surface area contributed by atoms with Gasteiger partial charge in [-0.3, -0.25) is 4.57 Å². The predicted molar refractivity (Wildman–Crippen MR) is 127 cm³/mol. The summed E-state index contributed by atoms with van der Waals surface area (Å²) < 4.78 is 9.63. The van der Waals surface area contributed by atoms with Crippen molar-refractivity contribution < 1.29 is 4.74 Å². The van der Waals surface area contributed by atoms with Gasteiger partial charge in [0.15, 0.2) is 5.16 Å².